The zero-order valence-corrected chi connectivity index (χ0v) is 10.7. The van der Waals surface area contributed by atoms with Crippen LogP contribution in [-0.4, -0.2) is 37.9 Å². The number of hydrogen-bond donors (Lipinski definition) is 0. The largest absolute Gasteiger partial charge is 0.295 e. The highest BCUT2D eigenvalue weighted by molar-refractivity contribution is 7.88. The highest BCUT2D eigenvalue weighted by Crippen LogP contribution is 2.21. The second-order valence-electron chi connectivity index (χ2n) is 4.30. The molecule has 0 saturated carbocycles. The van der Waals surface area contributed by atoms with Gasteiger partial charge in [-0.25, -0.2) is 12.7 Å². The van der Waals surface area contributed by atoms with Crippen molar-refractivity contribution in [3.8, 4) is 0 Å². The SMILES string of the molecule is C/C=C/C(=O)CC1CCCN(S(C)(=O)=O)C1. The molecule has 0 spiro atoms. The quantitative estimate of drug-likeness (QED) is 0.699. The van der Waals surface area contributed by atoms with Crippen molar-refractivity contribution in [1.82, 2.24) is 4.31 Å². The molecule has 1 aliphatic rings. The number of nitrogens with zero attached hydrogens (tertiary/aromatic N) is 1. The Hall–Kier alpha value is -0.680. The van der Waals surface area contributed by atoms with Gasteiger partial charge in [0.1, 0.15) is 0 Å². The van der Waals surface area contributed by atoms with Crippen molar-refractivity contribution in [1.29, 1.82) is 0 Å². The summed E-state index contributed by atoms with van der Waals surface area (Å²) in [6.45, 7) is 2.89. The van der Waals surface area contributed by atoms with Crippen LogP contribution in [0.4, 0.5) is 0 Å². The molecule has 0 bridgehead atoms. The summed E-state index contributed by atoms with van der Waals surface area (Å²) < 4.78 is 24.2. The van der Waals surface area contributed by atoms with Crippen LogP contribution in [0.15, 0.2) is 12.2 Å². The summed E-state index contributed by atoms with van der Waals surface area (Å²) in [4.78, 5) is 11.4. The number of carbonyl (C=O) groups is 1. The normalized spacial score (nSPS) is 23.8. The van der Waals surface area contributed by atoms with Gasteiger partial charge in [0.05, 0.1) is 6.26 Å². The van der Waals surface area contributed by atoms with Crippen LogP contribution < -0.4 is 0 Å². The summed E-state index contributed by atoms with van der Waals surface area (Å²) in [7, 11) is -3.10. The van der Waals surface area contributed by atoms with Crippen molar-refractivity contribution >= 4 is 15.8 Å². The third-order valence-corrected chi connectivity index (χ3v) is 4.06. The second kappa shape index (κ2) is 5.59. The molecule has 16 heavy (non-hydrogen) atoms. The number of sulfonamides is 1. The topological polar surface area (TPSA) is 54.5 Å². The molecule has 1 aliphatic heterocycles. The Balaban J connectivity index is 2.54. The van der Waals surface area contributed by atoms with Gasteiger partial charge >= 0.3 is 0 Å². The molecule has 0 aromatic carbocycles. The monoisotopic (exact) mass is 245 g/mol. The lowest BCUT2D eigenvalue weighted by Crippen LogP contribution is -2.39. The lowest BCUT2D eigenvalue weighted by atomic mass is 9.94. The van der Waals surface area contributed by atoms with Crippen molar-refractivity contribution < 1.29 is 13.2 Å². The summed E-state index contributed by atoms with van der Waals surface area (Å²) in [5, 5.41) is 0. The van der Waals surface area contributed by atoms with Gasteiger partial charge in [-0.15, -0.1) is 0 Å². The third kappa shape index (κ3) is 4.06. The first kappa shape index (κ1) is 13.4. The van der Waals surface area contributed by atoms with Crippen LogP contribution in [-0.2, 0) is 14.8 Å². The van der Waals surface area contributed by atoms with Crippen molar-refractivity contribution in [2.75, 3.05) is 19.3 Å². The molecule has 1 rings (SSSR count). The minimum atomic E-state index is -3.10. The van der Waals surface area contributed by atoms with Crippen molar-refractivity contribution in [2.24, 2.45) is 5.92 Å². The number of carbonyl (C=O) groups excluding carboxylic acids is 1. The number of piperidine rings is 1. The van der Waals surface area contributed by atoms with Crippen LogP contribution in [0.1, 0.15) is 26.2 Å². The van der Waals surface area contributed by atoms with E-state index in [0.717, 1.165) is 12.8 Å². The van der Waals surface area contributed by atoms with E-state index < -0.39 is 10.0 Å². The van der Waals surface area contributed by atoms with Crippen LogP contribution in [0, 0.1) is 5.92 Å². The molecule has 1 heterocycles. The average Bonchev–Trinajstić information content (AvgIpc) is 2.17. The van der Waals surface area contributed by atoms with Gasteiger partial charge in [0, 0.05) is 19.5 Å². The van der Waals surface area contributed by atoms with Crippen molar-refractivity contribution in [3.05, 3.63) is 12.2 Å². The fourth-order valence-corrected chi connectivity index (χ4v) is 2.98. The standard InChI is InChI=1S/C11H19NO3S/c1-3-5-11(13)8-10-6-4-7-12(9-10)16(2,14)15/h3,5,10H,4,6-9H2,1-2H3/b5-3+. The molecule has 92 valence electrons. The zero-order valence-electron chi connectivity index (χ0n) is 9.85. The highest BCUT2D eigenvalue weighted by Gasteiger charge is 2.26. The van der Waals surface area contributed by atoms with Gasteiger partial charge in [-0.2, -0.15) is 0 Å². The molecule has 5 heteroatoms. The van der Waals surface area contributed by atoms with Crippen LogP contribution in [0.3, 0.4) is 0 Å². The molecule has 1 atom stereocenters. The number of hydrogen-bond acceptors (Lipinski definition) is 3. The Labute approximate surface area is 97.4 Å². The second-order valence-corrected chi connectivity index (χ2v) is 6.28. The van der Waals surface area contributed by atoms with E-state index in [1.165, 1.54) is 10.6 Å². The van der Waals surface area contributed by atoms with E-state index in [2.05, 4.69) is 0 Å². The summed E-state index contributed by atoms with van der Waals surface area (Å²) in [5.74, 6) is 0.259. The third-order valence-electron chi connectivity index (χ3n) is 2.79. The molecule has 4 nitrogen and oxygen atoms in total. The van der Waals surface area contributed by atoms with Gasteiger partial charge in [0.25, 0.3) is 0 Å². The number of rotatable bonds is 4. The van der Waals surface area contributed by atoms with Gasteiger partial charge in [-0.3, -0.25) is 4.79 Å². The molecule has 0 N–H and O–H groups in total. The lowest BCUT2D eigenvalue weighted by molar-refractivity contribution is -0.115. The molecule has 0 aromatic heterocycles. The van der Waals surface area contributed by atoms with Crippen molar-refractivity contribution in [2.45, 2.75) is 26.2 Å². The fourth-order valence-electron chi connectivity index (χ4n) is 2.03. The van der Waals surface area contributed by atoms with Gasteiger partial charge in [0.15, 0.2) is 5.78 Å². The Morgan fingerprint density at radius 1 is 1.50 bits per heavy atom. The predicted octanol–water partition coefficient (Wildman–Crippen LogP) is 1.19. The van der Waals surface area contributed by atoms with Gasteiger partial charge < -0.3 is 0 Å². The van der Waals surface area contributed by atoms with Crippen LogP contribution in [0.2, 0.25) is 0 Å². The Morgan fingerprint density at radius 3 is 2.75 bits per heavy atom. The maximum absolute atomic E-state index is 11.4. The van der Waals surface area contributed by atoms with Crippen LogP contribution in [0.5, 0.6) is 0 Å². The molecule has 0 aliphatic carbocycles. The molecule has 0 radical (unpaired) electrons. The minimum absolute atomic E-state index is 0.0860. The molecule has 1 unspecified atom stereocenters. The van der Waals surface area contributed by atoms with E-state index in [9.17, 15) is 13.2 Å². The molecular formula is C11H19NO3S. The first-order valence-corrected chi connectivity index (χ1v) is 7.39. The van der Waals surface area contributed by atoms with E-state index in [4.69, 9.17) is 0 Å². The average molecular weight is 245 g/mol. The first-order chi connectivity index (χ1) is 7.43. The van der Waals surface area contributed by atoms with Crippen LogP contribution in [0.25, 0.3) is 0 Å². The minimum Gasteiger partial charge on any atom is -0.295 e. The summed E-state index contributed by atoms with van der Waals surface area (Å²) in [6, 6.07) is 0. The van der Waals surface area contributed by atoms with E-state index in [1.54, 1.807) is 12.2 Å². The fraction of sp³-hybridized carbons (Fsp3) is 0.727. The predicted molar refractivity (Wildman–Crippen MR) is 63.6 cm³/mol. The van der Waals surface area contributed by atoms with E-state index in [1.807, 2.05) is 6.92 Å². The molecule has 1 saturated heterocycles. The Bertz CT molecular complexity index is 373. The van der Waals surface area contributed by atoms with Crippen LogP contribution >= 0.6 is 0 Å². The van der Waals surface area contributed by atoms with Gasteiger partial charge in [-0.1, -0.05) is 6.08 Å². The smallest absolute Gasteiger partial charge is 0.211 e. The van der Waals surface area contributed by atoms with Gasteiger partial charge in [-0.05, 0) is 31.8 Å². The van der Waals surface area contributed by atoms with E-state index >= 15 is 0 Å². The summed E-state index contributed by atoms with van der Waals surface area (Å²) in [5.41, 5.74) is 0. The van der Waals surface area contributed by atoms with E-state index in [-0.39, 0.29) is 11.7 Å². The Kier molecular flexibility index (Phi) is 4.68. The number of allylic oxidation sites excluding steroid dienone is 2. The summed E-state index contributed by atoms with van der Waals surface area (Å²) >= 11 is 0. The molecule has 0 amide bonds. The maximum atomic E-state index is 11.4. The first-order valence-electron chi connectivity index (χ1n) is 5.54. The highest BCUT2D eigenvalue weighted by atomic mass is 32.2. The Morgan fingerprint density at radius 2 is 2.19 bits per heavy atom. The van der Waals surface area contributed by atoms with Gasteiger partial charge in [0.2, 0.25) is 10.0 Å². The molecule has 1 fully saturated rings. The zero-order chi connectivity index (χ0) is 12.2. The number of ketones is 1. The summed E-state index contributed by atoms with van der Waals surface area (Å²) in [6.07, 6.45) is 6.74. The van der Waals surface area contributed by atoms with Crippen molar-refractivity contribution in [3.63, 3.8) is 0 Å². The molecular weight excluding hydrogens is 226 g/mol. The van der Waals surface area contributed by atoms with E-state index in [0.29, 0.717) is 19.5 Å². The maximum Gasteiger partial charge on any atom is 0.211 e. The molecule has 0 aromatic rings. The lowest BCUT2D eigenvalue weighted by Gasteiger charge is -2.30.